The van der Waals surface area contributed by atoms with Crippen LogP contribution in [0.3, 0.4) is 0 Å². The fourth-order valence-corrected chi connectivity index (χ4v) is 3.88. The third-order valence-electron chi connectivity index (χ3n) is 5.46. The van der Waals surface area contributed by atoms with Crippen LogP contribution in [0.1, 0.15) is 49.7 Å². The first-order chi connectivity index (χ1) is 11.7. The topological polar surface area (TPSA) is 66.4 Å². The molecule has 0 bridgehead atoms. The maximum Gasteiger partial charge on any atom is 0.416 e. The lowest BCUT2D eigenvalue weighted by atomic mass is 9.75. The summed E-state index contributed by atoms with van der Waals surface area (Å²) < 4.78 is 39.1. The number of nitrogens with one attached hydrogen (secondary N) is 1. The molecule has 2 N–H and O–H groups in total. The quantitative estimate of drug-likeness (QED) is 0.869. The van der Waals surface area contributed by atoms with Gasteiger partial charge in [0, 0.05) is 6.04 Å². The van der Waals surface area contributed by atoms with Gasteiger partial charge in [-0.15, -0.1) is 0 Å². The lowest BCUT2D eigenvalue weighted by Crippen LogP contribution is -2.52. The van der Waals surface area contributed by atoms with Crippen LogP contribution in [0.4, 0.5) is 13.2 Å². The molecule has 0 spiro atoms. The smallest absolute Gasteiger partial charge is 0.416 e. The molecule has 0 unspecified atom stereocenters. The molecule has 1 amide bonds. The van der Waals surface area contributed by atoms with Crippen molar-refractivity contribution in [3.8, 4) is 0 Å². The Labute approximate surface area is 143 Å². The number of amides is 1. The third kappa shape index (κ3) is 3.37. The van der Waals surface area contributed by atoms with E-state index < -0.39 is 29.0 Å². The third-order valence-corrected chi connectivity index (χ3v) is 5.46. The maximum absolute atomic E-state index is 13.0. The van der Waals surface area contributed by atoms with Crippen molar-refractivity contribution in [1.82, 2.24) is 5.32 Å². The van der Waals surface area contributed by atoms with Crippen molar-refractivity contribution < 1.29 is 27.9 Å². The van der Waals surface area contributed by atoms with Crippen molar-refractivity contribution in [2.75, 3.05) is 0 Å². The Bertz CT molecular complexity index is 674. The van der Waals surface area contributed by atoms with Crippen molar-refractivity contribution in [2.45, 2.75) is 56.2 Å². The largest absolute Gasteiger partial charge is 0.481 e. The molecule has 2 fully saturated rings. The van der Waals surface area contributed by atoms with E-state index in [-0.39, 0.29) is 11.9 Å². The van der Waals surface area contributed by atoms with Crippen molar-refractivity contribution >= 4 is 11.9 Å². The average molecular weight is 355 g/mol. The molecule has 7 heteroatoms. The molecule has 2 aliphatic rings. The van der Waals surface area contributed by atoms with Crippen LogP contribution in [-0.4, -0.2) is 23.0 Å². The van der Waals surface area contributed by atoms with E-state index in [2.05, 4.69) is 5.32 Å². The van der Waals surface area contributed by atoms with Crippen LogP contribution in [0.2, 0.25) is 0 Å². The van der Waals surface area contributed by atoms with Crippen LogP contribution in [0.5, 0.6) is 0 Å². The fraction of sp³-hybridized carbons (Fsp3) is 0.556. The number of carbonyl (C=O) groups excluding carboxylic acids is 1. The minimum Gasteiger partial charge on any atom is -0.481 e. The highest BCUT2D eigenvalue weighted by atomic mass is 19.4. The van der Waals surface area contributed by atoms with Gasteiger partial charge in [-0.25, -0.2) is 0 Å². The van der Waals surface area contributed by atoms with Crippen LogP contribution in [-0.2, 0) is 21.2 Å². The van der Waals surface area contributed by atoms with E-state index in [0.29, 0.717) is 31.2 Å². The van der Waals surface area contributed by atoms with Gasteiger partial charge in [0.05, 0.1) is 16.9 Å². The summed E-state index contributed by atoms with van der Waals surface area (Å²) >= 11 is 0. The number of halogens is 3. The first kappa shape index (κ1) is 17.8. The van der Waals surface area contributed by atoms with Crippen LogP contribution in [0.25, 0.3) is 0 Å². The molecule has 0 aromatic heterocycles. The van der Waals surface area contributed by atoms with Gasteiger partial charge in [-0.3, -0.25) is 9.59 Å². The highest BCUT2D eigenvalue weighted by molar-refractivity contribution is 5.89. The maximum atomic E-state index is 13.0. The number of hydrogen-bond acceptors (Lipinski definition) is 2. The van der Waals surface area contributed by atoms with E-state index in [1.807, 2.05) is 0 Å². The molecule has 25 heavy (non-hydrogen) atoms. The predicted molar refractivity (Wildman–Crippen MR) is 83.9 cm³/mol. The molecule has 0 radical (unpaired) electrons. The van der Waals surface area contributed by atoms with Gasteiger partial charge < -0.3 is 10.4 Å². The van der Waals surface area contributed by atoms with Gasteiger partial charge in [-0.2, -0.15) is 13.2 Å². The minimum absolute atomic E-state index is 0.211. The molecule has 1 aromatic rings. The lowest BCUT2D eigenvalue weighted by molar-refractivity contribution is -0.146. The molecule has 1 aromatic carbocycles. The summed E-state index contributed by atoms with van der Waals surface area (Å²) in [6.45, 7) is 0. The zero-order chi connectivity index (χ0) is 18.2. The number of rotatable bonds is 4. The van der Waals surface area contributed by atoms with E-state index in [9.17, 15) is 22.8 Å². The van der Waals surface area contributed by atoms with Crippen LogP contribution >= 0.6 is 0 Å². The number of alkyl halides is 3. The van der Waals surface area contributed by atoms with E-state index in [4.69, 9.17) is 5.11 Å². The molecule has 0 atom stereocenters. The standard InChI is InChI=1S/C18H20F3NO3/c19-18(20,21)13-5-3-4-12(10-13)17(6-1-2-7-17)16(25)22-14-8-11(9-14)15(23)24/h3-5,10-11,14H,1-2,6-9H2,(H,22,25)(H,23,24). The van der Waals surface area contributed by atoms with Crippen molar-refractivity contribution in [2.24, 2.45) is 5.92 Å². The van der Waals surface area contributed by atoms with Crippen LogP contribution < -0.4 is 5.32 Å². The number of benzene rings is 1. The van der Waals surface area contributed by atoms with Crippen LogP contribution in [0.15, 0.2) is 24.3 Å². The summed E-state index contributed by atoms with van der Waals surface area (Å²) in [4.78, 5) is 23.7. The Morgan fingerprint density at radius 3 is 2.36 bits per heavy atom. The van der Waals surface area contributed by atoms with Gasteiger partial charge >= 0.3 is 12.1 Å². The number of carboxylic acids is 1. The van der Waals surface area contributed by atoms with Gasteiger partial charge in [0.1, 0.15) is 0 Å². The number of hydrogen-bond donors (Lipinski definition) is 2. The second-order valence-electron chi connectivity index (χ2n) is 7.04. The van der Waals surface area contributed by atoms with Gasteiger partial charge in [0.2, 0.25) is 5.91 Å². The summed E-state index contributed by atoms with van der Waals surface area (Å²) in [5.41, 5.74) is -1.31. The molecule has 0 heterocycles. The highest BCUT2D eigenvalue weighted by Crippen LogP contribution is 2.43. The van der Waals surface area contributed by atoms with E-state index in [1.165, 1.54) is 6.07 Å². The second kappa shape index (κ2) is 6.35. The van der Waals surface area contributed by atoms with Crippen molar-refractivity contribution in [1.29, 1.82) is 0 Å². The van der Waals surface area contributed by atoms with Gasteiger partial charge in [0.15, 0.2) is 0 Å². The molecule has 4 nitrogen and oxygen atoms in total. The Morgan fingerprint density at radius 2 is 1.80 bits per heavy atom. The second-order valence-corrected chi connectivity index (χ2v) is 7.04. The molecule has 2 saturated carbocycles. The van der Waals surface area contributed by atoms with E-state index in [0.717, 1.165) is 25.0 Å². The number of carboxylic acid groups (broad SMARTS) is 1. The predicted octanol–water partition coefficient (Wildman–Crippen LogP) is 3.50. The summed E-state index contributed by atoms with van der Waals surface area (Å²) in [6.07, 6.45) is -1.11. The monoisotopic (exact) mass is 355 g/mol. The first-order valence-electron chi connectivity index (χ1n) is 8.44. The summed E-state index contributed by atoms with van der Waals surface area (Å²) in [5, 5.41) is 11.8. The van der Waals surface area contributed by atoms with E-state index in [1.54, 1.807) is 6.07 Å². The Hall–Kier alpha value is -2.05. The average Bonchev–Trinajstić information content (AvgIpc) is 3.00. The summed E-state index contributed by atoms with van der Waals surface area (Å²) in [7, 11) is 0. The summed E-state index contributed by atoms with van der Waals surface area (Å²) in [5.74, 6) is -1.60. The zero-order valence-corrected chi connectivity index (χ0v) is 13.6. The zero-order valence-electron chi connectivity index (χ0n) is 13.6. The SMILES string of the molecule is O=C(O)C1CC(NC(=O)C2(c3cccc(C(F)(F)F)c3)CCCC2)C1. The van der Waals surface area contributed by atoms with E-state index >= 15 is 0 Å². The first-order valence-corrected chi connectivity index (χ1v) is 8.44. The Morgan fingerprint density at radius 1 is 1.16 bits per heavy atom. The fourth-order valence-electron chi connectivity index (χ4n) is 3.88. The number of carbonyl (C=O) groups is 2. The molecule has 2 aliphatic carbocycles. The molecular weight excluding hydrogens is 335 g/mol. The number of aliphatic carboxylic acids is 1. The Balaban J connectivity index is 1.80. The van der Waals surface area contributed by atoms with Gasteiger partial charge in [0.25, 0.3) is 0 Å². The van der Waals surface area contributed by atoms with Crippen molar-refractivity contribution in [3.63, 3.8) is 0 Å². The Kier molecular flexibility index (Phi) is 4.51. The minimum atomic E-state index is -4.45. The molecule has 136 valence electrons. The van der Waals surface area contributed by atoms with Crippen molar-refractivity contribution in [3.05, 3.63) is 35.4 Å². The molecular formula is C18H20F3NO3. The molecule has 3 rings (SSSR count). The van der Waals surface area contributed by atoms with Gasteiger partial charge in [-0.05, 0) is 37.3 Å². The lowest BCUT2D eigenvalue weighted by Gasteiger charge is -2.37. The molecule has 0 saturated heterocycles. The van der Waals surface area contributed by atoms with Gasteiger partial charge in [-0.1, -0.05) is 31.0 Å². The normalized spacial score (nSPS) is 25.2. The summed E-state index contributed by atoms with van der Waals surface area (Å²) in [6, 6.07) is 4.80. The van der Waals surface area contributed by atoms with Crippen LogP contribution in [0, 0.1) is 5.92 Å². The molecule has 0 aliphatic heterocycles. The highest BCUT2D eigenvalue weighted by Gasteiger charge is 2.46.